The Morgan fingerprint density at radius 1 is 1.43 bits per heavy atom. The number of nitrogens with one attached hydrogen (secondary N) is 1. The zero-order valence-corrected chi connectivity index (χ0v) is 12.0. The van der Waals surface area contributed by atoms with Crippen LogP contribution in [0.2, 0.25) is 0 Å². The maximum atomic E-state index is 11.4. The number of aliphatic carboxylic acids is 1. The number of amides is 1. The van der Waals surface area contributed by atoms with Crippen LogP contribution in [0.4, 0.5) is 0 Å². The molecule has 0 radical (unpaired) electrons. The smallest absolute Gasteiger partial charge is 0.320 e. The molecule has 0 saturated carbocycles. The summed E-state index contributed by atoms with van der Waals surface area (Å²) in [6, 6.07) is 4.28. The third-order valence-electron chi connectivity index (χ3n) is 3.08. The van der Waals surface area contributed by atoms with Gasteiger partial charge in [0.25, 0.3) is 0 Å². The number of carbonyl (C=O) groups is 2. The van der Waals surface area contributed by atoms with E-state index in [1.807, 2.05) is 0 Å². The van der Waals surface area contributed by atoms with E-state index in [-0.39, 0.29) is 0 Å². The summed E-state index contributed by atoms with van der Waals surface area (Å²) in [7, 11) is 1.52. The van der Waals surface area contributed by atoms with E-state index in [0.29, 0.717) is 37.2 Å². The molecule has 1 atom stereocenters. The first-order valence-electron chi connectivity index (χ1n) is 6.61. The van der Waals surface area contributed by atoms with E-state index in [9.17, 15) is 9.59 Å². The van der Waals surface area contributed by atoms with E-state index in [4.69, 9.17) is 21.3 Å². The number of benzene rings is 1. The van der Waals surface area contributed by atoms with Gasteiger partial charge in [-0.15, -0.1) is 0 Å². The number of carboxylic acids is 1. The maximum absolute atomic E-state index is 11.4. The Morgan fingerprint density at radius 2 is 2.14 bits per heavy atom. The van der Waals surface area contributed by atoms with Gasteiger partial charge >= 0.3 is 5.97 Å². The van der Waals surface area contributed by atoms with Crippen molar-refractivity contribution in [3.05, 3.63) is 29.3 Å². The molecule has 0 fully saturated rings. The molecule has 1 rings (SSSR count). The number of rotatable bonds is 9. The summed E-state index contributed by atoms with van der Waals surface area (Å²) < 4.78 is 5.05. The number of carboxylic acid groups (broad SMARTS) is 1. The first kappa shape index (κ1) is 16.9. The molecule has 0 spiro atoms. The van der Waals surface area contributed by atoms with Gasteiger partial charge in [-0.05, 0) is 37.1 Å². The van der Waals surface area contributed by atoms with Crippen molar-refractivity contribution in [2.24, 2.45) is 11.5 Å². The fraction of sp³-hybridized carbons (Fsp3) is 0.429. The van der Waals surface area contributed by atoms with Crippen molar-refractivity contribution in [2.45, 2.75) is 25.4 Å². The van der Waals surface area contributed by atoms with Crippen LogP contribution >= 0.6 is 0 Å². The molecule has 0 saturated heterocycles. The van der Waals surface area contributed by atoms with Gasteiger partial charge in [0, 0.05) is 12.1 Å². The molecule has 6 N–H and O–H groups in total. The zero-order chi connectivity index (χ0) is 15.8. The van der Waals surface area contributed by atoms with Crippen LogP contribution in [-0.4, -0.2) is 36.7 Å². The summed E-state index contributed by atoms with van der Waals surface area (Å²) in [4.78, 5) is 22.0. The third kappa shape index (κ3) is 5.41. The van der Waals surface area contributed by atoms with Gasteiger partial charge in [0.05, 0.1) is 7.11 Å². The second-order valence-electron chi connectivity index (χ2n) is 4.65. The third-order valence-corrected chi connectivity index (χ3v) is 3.08. The van der Waals surface area contributed by atoms with Gasteiger partial charge in [0.1, 0.15) is 11.8 Å². The van der Waals surface area contributed by atoms with Crippen molar-refractivity contribution in [3.63, 3.8) is 0 Å². The molecule has 0 aliphatic carbocycles. The van der Waals surface area contributed by atoms with E-state index < -0.39 is 17.9 Å². The van der Waals surface area contributed by atoms with Crippen LogP contribution in [0.1, 0.15) is 28.8 Å². The van der Waals surface area contributed by atoms with Crippen molar-refractivity contribution in [2.75, 3.05) is 13.7 Å². The first-order chi connectivity index (χ1) is 9.95. The normalized spacial score (nSPS) is 11.9. The molecule has 0 aliphatic heterocycles. The van der Waals surface area contributed by atoms with Crippen LogP contribution in [0.15, 0.2) is 18.2 Å². The van der Waals surface area contributed by atoms with E-state index >= 15 is 0 Å². The van der Waals surface area contributed by atoms with E-state index in [1.54, 1.807) is 18.2 Å². The number of methoxy groups -OCH3 is 1. The molecule has 7 nitrogen and oxygen atoms in total. The summed E-state index contributed by atoms with van der Waals surface area (Å²) in [5.41, 5.74) is 11.9. The topological polar surface area (TPSA) is 128 Å². The van der Waals surface area contributed by atoms with Gasteiger partial charge in [-0.25, -0.2) is 0 Å². The van der Waals surface area contributed by atoms with Gasteiger partial charge in [-0.2, -0.15) is 0 Å². The Labute approximate surface area is 123 Å². The van der Waals surface area contributed by atoms with Gasteiger partial charge in [0.2, 0.25) is 5.91 Å². The van der Waals surface area contributed by atoms with Crippen molar-refractivity contribution >= 4 is 11.9 Å². The number of hydrogen-bond donors (Lipinski definition) is 4. The van der Waals surface area contributed by atoms with Crippen molar-refractivity contribution in [1.29, 1.82) is 0 Å². The lowest BCUT2D eigenvalue weighted by atomic mass is 10.1. The van der Waals surface area contributed by atoms with Crippen molar-refractivity contribution in [1.82, 2.24) is 5.32 Å². The summed E-state index contributed by atoms with van der Waals surface area (Å²) in [5, 5.41) is 11.8. The Morgan fingerprint density at radius 3 is 2.71 bits per heavy atom. The van der Waals surface area contributed by atoms with E-state index in [2.05, 4.69) is 5.32 Å². The Balaban J connectivity index is 2.48. The number of carbonyl (C=O) groups excluding carboxylic acids is 1. The van der Waals surface area contributed by atoms with Crippen LogP contribution in [0.25, 0.3) is 0 Å². The fourth-order valence-corrected chi connectivity index (χ4v) is 1.86. The van der Waals surface area contributed by atoms with Crippen LogP contribution in [-0.2, 0) is 11.3 Å². The molecular formula is C14H21N3O4. The van der Waals surface area contributed by atoms with Gasteiger partial charge in [0.15, 0.2) is 0 Å². The molecule has 116 valence electrons. The Bertz CT molecular complexity index is 505. The predicted molar refractivity (Wildman–Crippen MR) is 78.1 cm³/mol. The highest BCUT2D eigenvalue weighted by Crippen LogP contribution is 2.17. The second kappa shape index (κ2) is 8.23. The molecule has 0 aromatic heterocycles. The number of primary amides is 1. The summed E-state index contributed by atoms with van der Waals surface area (Å²) in [6.45, 7) is 1.07. The molecule has 0 bridgehead atoms. The lowest BCUT2D eigenvalue weighted by Crippen LogP contribution is -2.31. The van der Waals surface area contributed by atoms with Gasteiger partial charge < -0.3 is 26.6 Å². The molecule has 1 aromatic rings. The summed E-state index contributed by atoms with van der Waals surface area (Å²) >= 11 is 0. The highest BCUT2D eigenvalue weighted by Gasteiger charge is 2.11. The monoisotopic (exact) mass is 295 g/mol. The van der Waals surface area contributed by atoms with E-state index in [0.717, 1.165) is 5.56 Å². The van der Waals surface area contributed by atoms with Crippen LogP contribution < -0.4 is 21.5 Å². The number of ether oxygens (including phenoxy) is 1. The minimum atomic E-state index is -0.999. The van der Waals surface area contributed by atoms with E-state index in [1.165, 1.54) is 7.11 Å². The minimum Gasteiger partial charge on any atom is -0.497 e. The quantitative estimate of drug-likeness (QED) is 0.478. The molecule has 21 heavy (non-hydrogen) atoms. The molecule has 1 amide bonds. The van der Waals surface area contributed by atoms with Gasteiger partial charge in [-0.3, -0.25) is 9.59 Å². The second-order valence-corrected chi connectivity index (χ2v) is 4.65. The highest BCUT2D eigenvalue weighted by atomic mass is 16.5. The molecule has 0 heterocycles. The zero-order valence-electron chi connectivity index (χ0n) is 12.0. The fourth-order valence-electron chi connectivity index (χ4n) is 1.86. The lowest BCUT2D eigenvalue weighted by molar-refractivity contribution is -0.138. The molecular weight excluding hydrogens is 274 g/mol. The molecule has 1 aromatic carbocycles. The van der Waals surface area contributed by atoms with Gasteiger partial charge in [-0.1, -0.05) is 6.07 Å². The number of nitrogens with two attached hydrogens (primary N) is 2. The molecule has 7 heteroatoms. The minimum absolute atomic E-state index is 0.396. The molecule has 0 aliphatic rings. The van der Waals surface area contributed by atoms with Crippen LogP contribution in [0, 0.1) is 0 Å². The van der Waals surface area contributed by atoms with Crippen LogP contribution in [0.5, 0.6) is 5.75 Å². The predicted octanol–water partition coefficient (Wildman–Crippen LogP) is 0.0758. The number of hydrogen-bond acceptors (Lipinski definition) is 5. The summed E-state index contributed by atoms with van der Waals surface area (Å²) in [5.74, 6) is -0.945. The highest BCUT2D eigenvalue weighted by molar-refractivity contribution is 5.94. The molecule has 1 unspecified atom stereocenters. The average molecular weight is 295 g/mol. The largest absolute Gasteiger partial charge is 0.497 e. The Kier molecular flexibility index (Phi) is 6.64. The summed E-state index contributed by atoms with van der Waals surface area (Å²) in [6.07, 6.45) is 1.03. The van der Waals surface area contributed by atoms with Crippen molar-refractivity contribution in [3.8, 4) is 5.75 Å². The SMILES string of the molecule is COc1ccc(CNCCCC(N)C(=O)O)c(C(N)=O)c1. The van der Waals surface area contributed by atoms with Crippen molar-refractivity contribution < 1.29 is 19.4 Å². The first-order valence-corrected chi connectivity index (χ1v) is 6.61. The maximum Gasteiger partial charge on any atom is 0.320 e. The van der Waals surface area contributed by atoms with Crippen LogP contribution in [0.3, 0.4) is 0 Å². The lowest BCUT2D eigenvalue weighted by Gasteiger charge is -2.11. The standard InChI is InChI=1S/C14H21N3O4/c1-21-10-5-4-9(11(7-10)13(16)18)8-17-6-2-3-12(15)14(19)20/h4-5,7,12,17H,2-3,6,8,15H2,1H3,(H2,16,18)(H,19,20). The Hall–Kier alpha value is -2.12. The average Bonchev–Trinajstić information content (AvgIpc) is 2.46.